The second-order valence-electron chi connectivity index (χ2n) is 26.3. The normalized spacial score (nSPS) is 17.9. The Morgan fingerprint density at radius 1 is 0.568 bits per heavy atom. The number of hydrogen-bond donors (Lipinski definition) is 6. The summed E-state index contributed by atoms with van der Waals surface area (Å²) in [5.74, 6) is -7.09. The Hall–Kier alpha value is -7.25. The third kappa shape index (κ3) is 19.9. The summed E-state index contributed by atoms with van der Waals surface area (Å²) in [6.07, 6.45) is 4.23. The first-order chi connectivity index (χ1) is 44.7. The molecule has 0 aliphatic carbocycles. The molecule has 20 nitrogen and oxygen atoms in total. The first kappa shape index (κ1) is 75.1. The van der Waals surface area contributed by atoms with Gasteiger partial charge in [-0.1, -0.05) is 58.5 Å². The molecule has 7 N–H and O–H groups in total. The van der Waals surface area contributed by atoms with Crippen LogP contribution in [-0.4, -0.2) is 140 Å². The number of nitrogens with zero attached hydrogens (tertiary/aromatic N) is 4. The van der Waals surface area contributed by atoms with Crippen molar-refractivity contribution in [2.45, 2.75) is 192 Å². The number of ether oxygens (including phenoxy) is 1. The molecule has 0 saturated carbocycles. The molecule has 4 aromatic carbocycles. The summed E-state index contributed by atoms with van der Waals surface area (Å²) < 4.78 is 63.1. The molecule has 9 amide bonds. The van der Waals surface area contributed by atoms with Crippen LogP contribution < -0.4 is 32.3 Å². The molecule has 0 aromatic heterocycles. The van der Waals surface area contributed by atoms with Gasteiger partial charge in [0, 0.05) is 82.3 Å². The van der Waals surface area contributed by atoms with Crippen molar-refractivity contribution >= 4 is 111 Å². The van der Waals surface area contributed by atoms with Gasteiger partial charge in [-0.2, -0.15) is 0 Å². The molecule has 2 saturated heterocycles. The van der Waals surface area contributed by atoms with E-state index >= 15 is 0 Å². The van der Waals surface area contributed by atoms with E-state index in [1.54, 1.807) is 37.8 Å². The number of piperidine rings is 2. The van der Waals surface area contributed by atoms with E-state index in [1.807, 2.05) is 32.6 Å². The van der Waals surface area contributed by atoms with Crippen LogP contribution in [0.15, 0.2) is 60.7 Å². The van der Waals surface area contributed by atoms with E-state index < -0.39 is 99.6 Å². The fraction of sp³-hybridized carbons (Fsp3) is 0.507. The number of amides is 9. The number of nitrogens with two attached hydrogens (primary N) is 1. The highest BCUT2D eigenvalue weighted by atomic mass is 35.5. The van der Waals surface area contributed by atoms with Gasteiger partial charge in [-0.25, -0.2) is 22.4 Å². The van der Waals surface area contributed by atoms with Crippen molar-refractivity contribution in [1.29, 1.82) is 0 Å². The molecule has 4 aromatic rings. The van der Waals surface area contributed by atoms with Gasteiger partial charge < -0.3 is 56.7 Å². The third-order valence-corrected chi connectivity index (χ3v) is 18.8. The summed E-state index contributed by atoms with van der Waals surface area (Å²) in [7, 11) is 0. The van der Waals surface area contributed by atoms with Gasteiger partial charge in [-0.3, -0.25) is 38.4 Å². The van der Waals surface area contributed by atoms with Crippen LogP contribution in [0.25, 0.3) is 0 Å². The molecule has 28 heteroatoms. The Kier molecular flexibility index (Phi) is 25.8. The van der Waals surface area contributed by atoms with Crippen LogP contribution in [-0.2, 0) is 69.0 Å². The average molecular weight is 1410 g/mol. The number of carbonyl (C=O) groups is 9. The minimum atomic E-state index is -1.35. The molecule has 0 spiro atoms. The number of nitrogens with one attached hydrogen (secondary N) is 5. The molecule has 4 aliphatic rings. The van der Waals surface area contributed by atoms with Crippen molar-refractivity contribution in [1.82, 2.24) is 35.6 Å². The molecule has 4 aliphatic heterocycles. The van der Waals surface area contributed by atoms with Crippen LogP contribution in [0.5, 0.6) is 0 Å². The Bertz CT molecular complexity index is 3560. The maximum Gasteiger partial charge on any atom is 0.407 e. The smallest absolute Gasteiger partial charge is 0.407 e. The number of alkyl carbamates (subject to hydrolysis) is 1. The minimum Gasteiger partial charge on any atom is -0.444 e. The number of likely N-dealkylation sites (tertiary alicyclic amines) is 2. The zero-order chi connectivity index (χ0) is 69.9. The second-order valence-corrected chi connectivity index (χ2v) is 27.9. The Morgan fingerprint density at radius 2 is 0.968 bits per heavy atom. The largest absolute Gasteiger partial charge is 0.444 e. The van der Waals surface area contributed by atoms with E-state index in [1.165, 1.54) is 58.3 Å². The minimum absolute atomic E-state index is 0.00382. The summed E-state index contributed by atoms with van der Waals surface area (Å²) in [5.41, 5.74) is 6.14. The van der Waals surface area contributed by atoms with Crippen molar-refractivity contribution in [3.8, 4) is 0 Å². The predicted octanol–water partition coefficient (Wildman–Crippen LogP) is 10.7. The van der Waals surface area contributed by atoms with Crippen molar-refractivity contribution in [2.75, 3.05) is 36.8 Å². The van der Waals surface area contributed by atoms with Gasteiger partial charge in [0.25, 0.3) is 0 Å². The number of halogens is 8. The van der Waals surface area contributed by atoms with Crippen LogP contribution in [0.2, 0.25) is 20.1 Å². The SMILES string of the molecule is CC(C)(C)OC(=O)NCC[C@H](NC(=O)[C@@H]1Cc2cc(F)ccc2CN1C(=O)CCC(=O)N1CCCCC1(C)C)C(=O)Nc1ccc(Cl)c(Cl)c1F.CC1(C)CCCCN1C(=O)CCC(=O)N1Cc2ccc(F)cc2C[C@H]1C(=O)N[C@@H](CCN)C(=O)Nc1ccc(Cl)c(Cl)c1F. The zero-order valence-electron chi connectivity index (χ0n) is 54.2. The molecule has 95 heavy (non-hydrogen) atoms. The van der Waals surface area contributed by atoms with Gasteiger partial charge in [-0.15, -0.1) is 0 Å². The lowest BCUT2D eigenvalue weighted by Crippen LogP contribution is -2.56. The average Bonchev–Trinajstić information content (AvgIpc) is 1.61. The van der Waals surface area contributed by atoms with E-state index in [-0.39, 0.29) is 127 Å². The van der Waals surface area contributed by atoms with Crippen LogP contribution in [0.4, 0.5) is 33.7 Å². The molecule has 0 radical (unpaired) electrons. The first-order valence-corrected chi connectivity index (χ1v) is 33.1. The number of rotatable bonds is 19. The monoisotopic (exact) mass is 1400 g/mol. The third-order valence-electron chi connectivity index (χ3n) is 17.3. The molecular weight excluding hydrogens is 1320 g/mol. The van der Waals surface area contributed by atoms with Gasteiger partial charge in [0.15, 0.2) is 11.6 Å². The topological polar surface area (TPSA) is 262 Å². The highest BCUT2D eigenvalue weighted by molar-refractivity contribution is 6.43. The molecule has 0 unspecified atom stereocenters. The van der Waals surface area contributed by atoms with E-state index in [0.29, 0.717) is 35.3 Å². The van der Waals surface area contributed by atoms with Gasteiger partial charge in [0.1, 0.15) is 41.4 Å². The zero-order valence-corrected chi connectivity index (χ0v) is 57.2. The predicted molar refractivity (Wildman–Crippen MR) is 353 cm³/mol. The van der Waals surface area contributed by atoms with Gasteiger partial charge in [0.2, 0.25) is 47.3 Å². The quantitative estimate of drug-likeness (QED) is 0.0380. The molecule has 4 atom stereocenters. The standard InChI is InChI=1S/C36H45Cl2F2N5O6.C31H37Cl2F2N5O4/c1-35(2,3)51-34(50)41-16-14-26(32(48)42-25-11-10-24(37)30(38)31(25)40)43-33(49)27-19-22-18-23(39)9-8-21(22)20-44(27)28(46)12-13-29(47)45-17-7-6-15-36(45,4)5;1-31(2)12-3-4-14-40(31)26(42)10-9-25(41)39-17-18-5-6-20(34)15-19(18)16-24(39)30(44)38-23(11-13-36)29(43)37-22-8-7-21(32)27(33)28(22)35/h8-11,18,26-27H,6-7,12-17,19-20H2,1-5H3,(H,41,50)(H,42,48)(H,43,49);5-8,15,23-24H,3-4,9-14,16-17,36H2,1-2H3,(H,37,43)(H,38,44)/t26-,27-;23-,24-/m00/s1. The number of benzene rings is 4. The number of anilines is 2. The second kappa shape index (κ2) is 32.7. The van der Waals surface area contributed by atoms with Crippen LogP contribution >= 0.6 is 46.4 Å². The summed E-state index contributed by atoms with van der Waals surface area (Å²) >= 11 is 23.5. The highest BCUT2D eigenvalue weighted by Gasteiger charge is 2.41. The van der Waals surface area contributed by atoms with E-state index in [9.17, 15) is 60.7 Å². The summed E-state index contributed by atoms with van der Waals surface area (Å²) in [6, 6.07) is 8.53. The Labute approximate surface area is 570 Å². The van der Waals surface area contributed by atoms with Crippen molar-refractivity contribution in [2.24, 2.45) is 5.73 Å². The molecule has 8 rings (SSSR count). The first-order valence-electron chi connectivity index (χ1n) is 31.6. The molecule has 516 valence electrons. The Morgan fingerprint density at radius 3 is 1.36 bits per heavy atom. The van der Waals surface area contributed by atoms with Gasteiger partial charge >= 0.3 is 6.09 Å². The molecule has 0 bridgehead atoms. The molecular formula is C67H82Cl4F4N10O10. The van der Waals surface area contributed by atoms with Crippen LogP contribution in [0.1, 0.15) is 148 Å². The number of fused-ring (bicyclic) bond motifs is 2. The van der Waals surface area contributed by atoms with Gasteiger partial charge in [-0.05, 0) is 177 Å². The maximum atomic E-state index is 14.9. The summed E-state index contributed by atoms with van der Waals surface area (Å²) in [4.78, 5) is 127. The van der Waals surface area contributed by atoms with Crippen LogP contribution in [0.3, 0.4) is 0 Å². The lowest BCUT2D eigenvalue weighted by atomic mass is 9.90. The van der Waals surface area contributed by atoms with E-state index in [4.69, 9.17) is 56.9 Å². The van der Waals surface area contributed by atoms with E-state index in [0.717, 1.165) is 38.5 Å². The number of carbonyl (C=O) groups excluding carboxylic acids is 9. The van der Waals surface area contributed by atoms with Crippen molar-refractivity contribution in [3.63, 3.8) is 0 Å². The number of hydrogen-bond acceptors (Lipinski definition) is 11. The summed E-state index contributed by atoms with van der Waals surface area (Å²) in [5, 5.41) is 11.7. The fourth-order valence-corrected chi connectivity index (χ4v) is 12.7. The van der Waals surface area contributed by atoms with Crippen molar-refractivity contribution in [3.05, 3.63) is 126 Å². The van der Waals surface area contributed by atoms with Crippen molar-refractivity contribution < 1.29 is 65.4 Å². The molecule has 2 fully saturated rings. The Balaban J connectivity index is 0.000000271. The van der Waals surface area contributed by atoms with Crippen LogP contribution in [0, 0.1) is 23.3 Å². The lowest BCUT2D eigenvalue weighted by Gasteiger charge is -2.43. The maximum absolute atomic E-state index is 14.9. The fourth-order valence-electron chi connectivity index (χ4n) is 12.1. The lowest BCUT2D eigenvalue weighted by molar-refractivity contribution is -0.145. The summed E-state index contributed by atoms with van der Waals surface area (Å²) in [6.45, 7) is 14.2. The van der Waals surface area contributed by atoms with E-state index in [2.05, 4.69) is 26.6 Å². The van der Waals surface area contributed by atoms with Gasteiger partial charge in [0.05, 0.1) is 31.5 Å². The highest BCUT2D eigenvalue weighted by Crippen LogP contribution is 2.35. The molecule has 4 heterocycles.